The lowest BCUT2D eigenvalue weighted by Gasteiger charge is -2.38. The largest absolute Gasteiger partial charge is 0.456 e. The maximum Gasteiger partial charge on any atom is 0.156 e. The molecule has 0 saturated carbocycles. The first kappa shape index (κ1) is 26.1. The lowest BCUT2D eigenvalue weighted by molar-refractivity contribution is 0.446. The van der Waals surface area contributed by atoms with Crippen molar-refractivity contribution in [2.24, 2.45) is 0 Å². The number of rotatable bonds is 2. The number of benzene rings is 7. The smallest absolute Gasteiger partial charge is 0.156 e. The Morgan fingerprint density at radius 1 is 0.438 bits per heavy atom. The molecule has 0 N–H and O–H groups in total. The summed E-state index contributed by atoms with van der Waals surface area (Å²) in [7, 11) is 0. The van der Waals surface area contributed by atoms with Crippen LogP contribution in [0.25, 0.3) is 66.1 Å². The fraction of sp³-hybridized carbons (Fsp3) is 0. The van der Waals surface area contributed by atoms with Crippen LogP contribution < -0.4 is 14.4 Å². The zero-order valence-corrected chi connectivity index (χ0v) is 26.7. The third kappa shape index (κ3) is 3.60. The Labute approximate surface area is 282 Å². The molecule has 2 aliphatic rings. The van der Waals surface area contributed by atoms with Crippen molar-refractivity contribution >= 4 is 76.9 Å². The van der Waals surface area contributed by atoms with Crippen LogP contribution in [-0.4, -0.2) is 0 Å². The van der Waals surface area contributed by atoms with Crippen LogP contribution in [0, 0.1) is 0 Å². The highest BCUT2D eigenvalue weighted by atomic mass is 79.9. The molecule has 0 spiro atoms. The molecule has 226 valence electrons. The molecule has 0 bridgehead atoms. The minimum Gasteiger partial charge on any atom is -0.456 e. The summed E-state index contributed by atoms with van der Waals surface area (Å²) >= 11 is 3.66. The molecule has 0 radical (unpaired) electrons. The zero-order chi connectivity index (χ0) is 31.5. The second-order valence-electron chi connectivity index (χ2n) is 12.2. The Hall–Kier alpha value is -5.98. The van der Waals surface area contributed by atoms with Crippen LogP contribution in [0.15, 0.2) is 147 Å². The molecule has 2 aromatic heterocycles. The standard InChI is InChI=1S/C42H22BrNO4/c43-25-16-18-31-37(22-25)48-39-21-24(27-10-6-14-35-41(27)29-8-2-4-12-33(29)46-35)20-38-42(39)44(31)30-17-15-23(19-36(30)47-38)26-9-5-13-34-40(26)28-7-1-3-11-32(28)45-34/h1-22H. The van der Waals surface area contributed by atoms with E-state index >= 15 is 0 Å². The van der Waals surface area contributed by atoms with Gasteiger partial charge in [-0.1, -0.05) is 82.7 Å². The molecule has 11 rings (SSSR count). The van der Waals surface area contributed by atoms with Crippen molar-refractivity contribution in [3.8, 4) is 45.3 Å². The Kier molecular flexibility index (Phi) is 5.19. The Bertz CT molecular complexity index is 2830. The average Bonchev–Trinajstić information content (AvgIpc) is 3.69. The van der Waals surface area contributed by atoms with E-state index in [9.17, 15) is 0 Å². The summed E-state index contributed by atoms with van der Waals surface area (Å²) in [4.78, 5) is 2.25. The van der Waals surface area contributed by atoms with Crippen LogP contribution in [0.1, 0.15) is 0 Å². The molecular formula is C42H22BrNO4. The van der Waals surface area contributed by atoms with E-state index in [0.717, 1.165) is 111 Å². The fourth-order valence-electron chi connectivity index (χ4n) is 7.45. The quantitative estimate of drug-likeness (QED) is 0.181. The highest BCUT2D eigenvalue weighted by Gasteiger charge is 2.36. The van der Waals surface area contributed by atoms with Crippen LogP contribution >= 0.6 is 15.9 Å². The molecule has 0 atom stereocenters. The summed E-state index contributed by atoms with van der Waals surface area (Å²) < 4.78 is 26.9. The van der Waals surface area contributed by atoms with Crippen LogP contribution in [0.3, 0.4) is 0 Å². The molecule has 4 heterocycles. The number of fused-ring (bicyclic) bond motifs is 10. The molecule has 9 aromatic rings. The van der Waals surface area contributed by atoms with Crippen molar-refractivity contribution in [3.05, 3.63) is 138 Å². The molecule has 0 amide bonds. The molecule has 0 saturated heterocycles. The molecule has 5 nitrogen and oxygen atoms in total. The van der Waals surface area contributed by atoms with E-state index < -0.39 is 0 Å². The van der Waals surface area contributed by atoms with Gasteiger partial charge in [-0.15, -0.1) is 0 Å². The Morgan fingerprint density at radius 2 is 0.958 bits per heavy atom. The van der Waals surface area contributed by atoms with Gasteiger partial charge >= 0.3 is 0 Å². The van der Waals surface area contributed by atoms with Crippen LogP contribution in [0.2, 0.25) is 0 Å². The number of anilines is 3. The fourth-order valence-corrected chi connectivity index (χ4v) is 7.79. The minimum atomic E-state index is 0.720. The highest BCUT2D eigenvalue weighted by Crippen LogP contribution is 2.61. The van der Waals surface area contributed by atoms with E-state index in [0.29, 0.717) is 0 Å². The lowest BCUT2D eigenvalue weighted by atomic mass is 9.96. The van der Waals surface area contributed by atoms with Gasteiger partial charge in [0, 0.05) is 26.0 Å². The number of ether oxygens (including phenoxy) is 2. The minimum absolute atomic E-state index is 0.720. The number of hydrogen-bond donors (Lipinski definition) is 0. The van der Waals surface area contributed by atoms with Gasteiger partial charge in [-0.25, -0.2) is 0 Å². The monoisotopic (exact) mass is 683 g/mol. The molecule has 48 heavy (non-hydrogen) atoms. The SMILES string of the molecule is Brc1ccc2c(c1)Oc1cc(-c3cccc4oc5ccccc5c34)cc3c1N2c1ccc(-c2cccc4oc5ccccc5c24)cc1O3. The zero-order valence-electron chi connectivity index (χ0n) is 25.2. The first-order valence-electron chi connectivity index (χ1n) is 15.8. The van der Waals surface area contributed by atoms with Crippen LogP contribution in [0.5, 0.6) is 23.0 Å². The molecule has 0 aliphatic carbocycles. The predicted octanol–water partition coefficient (Wildman–Crippen LogP) is 13.3. The third-order valence-electron chi connectivity index (χ3n) is 9.49. The molecule has 6 heteroatoms. The summed E-state index contributed by atoms with van der Waals surface area (Å²) in [5, 5.41) is 4.32. The number of nitrogens with zero attached hydrogens (tertiary/aromatic N) is 1. The Morgan fingerprint density at radius 3 is 1.60 bits per heavy atom. The lowest BCUT2D eigenvalue weighted by Crippen LogP contribution is -2.20. The predicted molar refractivity (Wildman–Crippen MR) is 194 cm³/mol. The van der Waals surface area contributed by atoms with Gasteiger partial charge in [0.1, 0.15) is 28.0 Å². The van der Waals surface area contributed by atoms with Gasteiger partial charge in [0.25, 0.3) is 0 Å². The number of para-hydroxylation sites is 2. The van der Waals surface area contributed by atoms with Gasteiger partial charge < -0.3 is 18.3 Å². The van der Waals surface area contributed by atoms with E-state index in [2.05, 4.69) is 87.6 Å². The second kappa shape index (κ2) is 9.53. The average molecular weight is 685 g/mol. The number of halogens is 1. The Balaban J connectivity index is 1.14. The maximum atomic E-state index is 6.87. The van der Waals surface area contributed by atoms with Crippen LogP contribution in [0.4, 0.5) is 17.1 Å². The molecule has 2 aliphatic heterocycles. The maximum absolute atomic E-state index is 6.87. The summed E-state index contributed by atoms with van der Waals surface area (Å²) in [5.41, 5.74) is 10.4. The van der Waals surface area contributed by atoms with E-state index in [-0.39, 0.29) is 0 Å². The van der Waals surface area contributed by atoms with Crippen LogP contribution in [-0.2, 0) is 0 Å². The van der Waals surface area contributed by atoms with Gasteiger partial charge in [-0.2, -0.15) is 0 Å². The second-order valence-corrected chi connectivity index (χ2v) is 13.1. The van der Waals surface area contributed by atoms with E-state index in [4.69, 9.17) is 18.3 Å². The summed E-state index contributed by atoms with van der Waals surface area (Å²) in [6, 6.07) is 45.6. The van der Waals surface area contributed by atoms with Crippen molar-refractivity contribution in [1.29, 1.82) is 0 Å². The normalized spacial score (nSPS) is 13.0. The van der Waals surface area contributed by atoms with Crippen molar-refractivity contribution in [3.63, 3.8) is 0 Å². The first-order chi connectivity index (χ1) is 23.7. The summed E-state index contributed by atoms with van der Waals surface area (Å²) in [6.07, 6.45) is 0. The molecule has 0 unspecified atom stereocenters. The van der Waals surface area contributed by atoms with Gasteiger partial charge in [0.2, 0.25) is 0 Å². The summed E-state index contributed by atoms with van der Waals surface area (Å²) in [6.45, 7) is 0. The molecular weight excluding hydrogens is 662 g/mol. The number of hydrogen-bond acceptors (Lipinski definition) is 5. The van der Waals surface area contributed by atoms with Gasteiger partial charge in [0.05, 0.1) is 11.4 Å². The first-order valence-corrected chi connectivity index (χ1v) is 16.6. The van der Waals surface area contributed by atoms with Gasteiger partial charge in [-0.3, -0.25) is 4.90 Å². The van der Waals surface area contributed by atoms with Gasteiger partial charge in [-0.05, 0) is 89.0 Å². The van der Waals surface area contributed by atoms with Crippen molar-refractivity contribution in [1.82, 2.24) is 0 Å². The molecule has 7 aromatic carbocycles. The van der Waals surface area contributed by atoms with Gasteiger partial charge in [0.15, 0.2) is 23.0 Å². The van der Waals surface area contributed by atoms with Crippen molar-refractivity contribution < 1.29 is 18.3 Å². The van der Waals surface area contributed by atoms with Crippen molar-refractivity contribution in [2.45, 2.75) is 0 Å². The topological polar surface area (TPSA) is 48.0 Å². The number of furan rings is 2. The molecule has 0 fully saturated rings. The summed E-state index contributed by atoms with van der Waals surface area (Å²) in [5.74, 6) is 2.97. The highest BCUT2D eigenvalue weighted by molar-refractivity contribution is 9.10. The van der Waals surface area contributed by atoms with E-state index in [1.165, 1.54) is 0 Å². The van der Waals surface area contributed by atoms with E-state index in [1.807, 2.05) is 66.7 Å². The van der Waals surface area contributed by atoms with E-state index in [1.54, 1.807) is 0 Å². The third-order valence-corrected chi connectivity index (χ3v) is 9.99. The van der Waals surface area contributed by atoms with Crippen molar-refractivity contribution in [2.75, 3.05) is 4.90 Å².